The minimum Gasteiger partial charge on any atom is -0.486 e. The Morgan fingerprint density at radius 3 is 2.74 bits per heavy atom. The first-order valence-electron chi connectivity index (χ1n) is 6.91. The summed E-state index contributed by atoms with van der Waals surface area (Å²) in [5, 5.41) is 3.36. The van der Waals surface area contributed by atoms with Gasteiger partial charge in [-0.2, -0.15) is 0 Å². The molecule has 102 valence electrons. The van der Waals surface area contributed by atoms with Gasteiger partial charge in [0.1, 0.15) is 13.2 Å². The molecule has 2 heterocycles. The number of nitrogens with zero attached hydrogens (tertiary/aromatic N) is 1. The van der Waals surface area contributed by atoms with Crippen molar-refractivity contribution in [2.24, 2.45) is 0 Å². The van der Waals surface area contributed by atoms with E-state index >= 15 is 0 Å². The zero-order valence-electron chi connectivity index (χ0n) is 11.1. The van der Waals surface area contributed by atoms with Gasteiger partial charge in [-0.25, -0.2) is 0 Å². The highest BCUT2D eigenvalue weighted by molar-refractivity contribution is 5.56. The SMILES string of the molecule is C(=C\c1ccc2c(c1)OCCO2)/CN1CCNCC1. The zero-order valence-corrected chi connectivity index (χ0v) is 11.1. The van der Waals surface area contributed by atoms with E-state index in [0.29, 0.717) is 13.2 Å². The van der Waals surface area contributed by atoms with E-state index in [1.165, 1.54) is 5.56 Å². The molecule has 0 unspecified atom stereocenters. The van der Waals surface area contributed by atoms with Crippen LogP contribution >= 0.6 is 0 Å². The van der Waals surface area contributed by atoms with Crippen LogP contribution in [0.4, 0.5) is 0 Å². The monoisotopic (exact) mass is 260 g/mol. The number of hydrogen-bond acceptors (Lipinski definition) is 4. The second-order valence-electron chi connectivity index (χ2n) is 4.86. The van der Waals surface area contributed by atoms with Crippen LogP contribution in [0.5, 0.6) is 11.5 Å². The lowest BCUT2D eigenvalue weighted by molar-refractivity contribution is 0.171. The molecule has 0 atom stereocenters. The van der Waals surface area contributed by atoms with Crippen molar-refractivity contribution in [1.82, 2.24) is 10.2 Å². The first kappa shape index (κ1) is 12.5. The molecule has 19 heavy (non-hydrogen) atoms. The molecule has 1 fully saturated rings. The molecular formula is C15H20N2O2. The van der Waals surface area contributed by atoms with Crippen LogP contribution in [0.1, 0.15) is 5.56 Å². The Kier molecular flexibility index (Phi) is 4.01. The number of benzene rings is 1. The van der Waals surface area contributed by atoms with E-state index in [4.69, 9.17) is 9.47 Å². The van der Waals surface area contributed by atoms with Crippen molar-refractivity contribution >= 4 is 6.08 Å². The molecule has 2 aliphatic rings. The number of piperazine rings is 1. The Bertz CT molecular complexity index is 453. The molecule has 0 radical (unpaired) electrons. The summed E-state index contributed by atoms with van der Waals surface area (Å²) in [7, 11) is 0. The summed E-state index contributed by atoms with van der Waals surface area (Å²) in [6.45, 7) is 6.74. The lowest BCUT2D eigenvalue weighted by Gasteiger charge is -2.25. The van der Waals surface area contributed by atoms with E-state index in [0.717, 1.165) is 44.2 Å². The summed E-state index contributed by atoms with van der Waals surface area (Å²) in [6.07, 6.45) is 4.37. The summed E-state index contributed by atoms with van der Waals surface area (Å²) in [5.41, 5.74) is 1.17. The fourth-order valence-electron chi connectivity index (χ4n) is 2.40. The van der Waals surface area contributed by atoms with Crippen LogP contribution < -0.4 is 14.8 Å². The lowest BCUT2D eigenvalue weighted by atomic mass is 10.2. The molecule has 1 N–H and O–H groups in total. The first-order valence-corrected chi connectivity index (χ1v) is 6.91. The predicted octanol–water partition coefficient (Wildman–Crippen LogP) is 1.38. The van der Waals surface area contributed by atoms with Gasteiger partial charge >= 0.3 is 0 Å². The Morgan fingerprint density at radius 1 is 1.11 bits per heavy atom. The lowest BCUT2D eigenvalue weighted by Crippen LogP contribution is -2.43. The number of rotatable bonds is 3. The molecule has 0 spiro atoms. The van der Waals surface area contributed by atoms with Gasteiger partial charge in [0.15, 0.2) is 11.5 Å². The molecule has 4 heteroatoms. The predicted molar refractivity (Wildman–Crippen MR) is 75.8 cm³/mol. The van der Waals surface area contributed by atoms with Crippen LogP contribution in [0.3, 0.4) is 0 Å². The van der Waals surface area contributed by atoms with Crippen molar-refractivity contribution in [3.05, 3.63) is 29.8 Å². The summed E-state index contributed by atoms with van der Waals surface area (Å²) < 4.78 is 11.1. The summed E-state index contributed by atoms with van der Waals surface area (Å²) >= 11 is 0. The number of nitrogens with one attached hydrogen (secondary N) is 1. The molecule has 1 aromatic carbocycles. The van der Waals surface area contributed by atoms with Crippen LogP contribution in [0.25, 0.3) is 6.08 Å². The molecule has 0 amide bonds. The third-order valence-corrected chi connectivity index (χ3v) is 3.45. The number of hydrogen-bond donors (Lipinski definition) is 1. The largest absolute Gasteiger partial charge is 0.486 e. The second kappa shape index (κ2) is 6.08. The average Bonchev–Trinajstić information content (AvgIpc) is 2.48. The van der Waals surface area contributed by atoms with Crippen LogP contribution in [-0.2, 0) is 0 Å². The topological polar surface area (TPSA) is 33.7 Å². The van der Waals surface area contributed by atoms with Crippen LogP contribution in [0.2, 0.25) is 0 Å². The summed E-state index contributed by atoms with van der Waals surface area (Å²) in [6, 6.07) is 6.10. The van der Waals surface area contributed by atoms with Crippen molar-refractivity contribution in [3.63, 3.8) is 0 Å². The van der Waals surface area contributed by atoms with Gasteiger partial charge in [0.25, 0.3) is 0 Å². The van der Waals surface area contributed by atoms with Gasteiger partial charge in [-0.1, -0.05) is 18.2 Å². The van der Waals surface area contributed by atoms with Crippen molar-refractivity contribution in [2.75, 3.05) is 45.9 Å². The first-order chi connectivity index (χ1) is 9.42. The summed E-state index contributed by atoms with van der Waals surface area (Å²) in [5.74, 6) is 1.71. The molecule has 0 saturated carbocycles. The maximum absolute atomic E-state index is 5.58. The van der Waals surface area contributed by atoms with Crippen LogP contribution in [-0.4, -0.2) is 50.8 Å². The van der Waals surface area contributed by atoms with Gasteiger partial charge in [-0.3, -0.25) is 4.90 Å². The molecule has 1 saturated heterocycles. The number of ether oxygens (including phenoxy) is 2. The van der Waals surface area contributed by atoms with Crippen molar-refractivity contribution < 1.29 is 9.47 Å². The van der Waals surface area contributed by atoms with E-state index in [-0.39, 0.29) is 0 Å². The summed E-state index contributed by atoms with van der Waals surface area (Å²) in [4.78, 5) is 2.45. The Balaban J connectivity index is 1.59. The average molecular weight is 260 g/mol. The van der Waals surface area contributed by atoms with Crippen molar-refractivity contribution in [3.8, 4) is 11.5 Å². The van der Waals surface area contributed by atoms with E-state index < -0.39 is 0 Å². The minimum absolute atomic E-state index is 0.640. The quantitative estimate of drug-likeness (QED) is 0.890. The third kappa shape index (κ3) is 3.28. The molecule has 0 bridgehead atoms. The molecule has 0 aromatic heterocycles. The van der Waals surface area contributed by atoms with Gasteiger partial charge in [0.2, 0.25) is 0 Å². The highest BCUT2D eigenvalue weighted by atomic mass is 16.6. The minimum atomic E-state index is 0.640. The Morgan fingerprint density at radius 2 is 1.89 bits per heavy atom. The Labute approximate surface area is 114 Å². The highest BCUT2D eigenvalue weighted by Crippen LogP contribution is 2.31. The van der Waals surface area contributed by atoms with E-state index in [1.54, 1.807) is 0 Å². The molecule has 2 aliphatic heterocycles. The molecule has 4 nitrogen and oxygen atoms in total. The highest BCUT2D eigenvalue weighted by Gasteiger charge is 2.11. The molecular weight excluding hydrogens is 240 g/mol. The Hall–Kier alpha value is -1.52. The second-order valence-corrected chi connectivity index (χ2v) is 4.86. The molecule has 1 aromatic rings. The molecule has 0 aliphatic carbocycles. The fraction of sp³-hybridized carbons (Fsp3) is 0.467. The van der Waals surface area contributed by atoms with Gasteiger partial charge < -0.3 is 14.8 Å². The van der Waals surface area contributed by atoms with Gasteiger partial charge in [-0.05, 0) is 17.7 Å². The van der Waals surface area contributed by atoms with Gasteiger partial charge in [-0.15, -0.1) is 0 Å². The van der Waals surface area contributed by atoms with Crippen LogP contribution in [0.15, 0.2) is 24.3 Å². The van der Waals surface area contributed by atoms with E-state index in [1.807, 2.05) is 12.1 Å². The maximum atomic E-state index is 5.58. The van der Waals surface area contributed by atoms with Gasteiger partial charge in [0, 0.05) is 32.7 Å². The van der Waals surface area contributed by atoms with E-state index in [9.17, 15) is 0 Å². The fourth-order valence-corrected chi connectivity index (χ4v) is 2.40. The molecule has 3 rings (SSSR count). The third-order valence-electron chi connectivity index (χ3n) is 3.45. The number of fused-ring (bicyclic) bond motifs is 1. The normalized spacial score (nSPS) is 19.8. The van der Waals surface area contributed by atoms with Crippen molar-refractivity contribution in [2.45, 2.75) is 0 Å². The smallest absolute Gasteiger partial charge is 0.161 e. The van der Waals surface area contributed by atoms with E-state index in [2.05, 4.69) is 28.4 Å². The standard InChI is InChI=1S/C15H20N2O2/c1(7-17-8-5-16-6-9-17)2-13-3-4-14-15(12-13)19-11-10-18-14/h1-4,12,16H,5-11H2/b2-1+. The maximum Gasteiger partial charge on any atom is 0.161 e. The zero-order chi connectivity index (χ0) is 12.9. The van der Waals surface area contributed by atoms with Gasteiger partial charge in [0.05, 0.1) is 0 Å². The van der Waals surface area contributed by atoms with Crippen molar-refractivity contribution in [1.29, 1.82) is 0 Å². The van der Waals surface area contributed by atoms with Crippen LogP contribution in [0, 0.1) is 0 Å².